The summed E-state index contributed by atoms with van der Waals surface area (Å²) in [5.74, 6) is 0.197. The first kappa shape index (κ1) is 29.9. The van der Waals surface area contributed by atoms with Gasteiger partial charge in [0.05, 0.1) is 29.9 Å². The lowest BCUT2D eigenvalue weighted by Gasteiger charge is -2.09. The van der Waals surface area contributed by atoms with Gasteiger partial charge in [-0.25, -0.2) is 4.79 Å². The Hall–Kier alpha value is -3.64. The molecule has 2 amide bonds. The van der Waals surface area contributed by atoms with E-state index >= 15 is 0 Å². The fourth-order valence-electron chi connectivity index (χ4n) is 3.59. The smallest absolute Gasteiger partial charge is 0.341 e. The maximum Gasteiger partial charge on any atom is 0.341 e. The minimum atomic E-state index is -0.623. The molecule has 1 aromatic carbocycles. The van der Waals surface area contributed by atoms with Crippen molar-refractivity contribution in [2.24, 2.45) is 0 Å². The summed E-state index contributed by atoms with van der Waals surface area (Å²) in [4.78, 5) is 39.7. The number of ether oxygens (including phenoxy) is 2. The number of allylic oxidation sites excluding steroid dienone is 1. The number of methoxy groups -OCH3 is 1. The van der Waals surface area contributed by atoms with Crippen LogP contribution < -0.4 is 10.1 Å². The number of anilines is 1. The van der Waals surface area contributed by atoms with E-state index in [0.29, 0.717) is 34.6 Å². The number of carbonyl (C=O) groups excluding carboxylic acids is 3. The summed E-state index contributed by atoms with van der Waals surface area (Å²) in [5.41, 5.74) is 1.49. The van der Waals surface area contributed by atoms with Crippen molar-refractivity contribution in [1.29, 1.82) is 0 Å². The summed E-state index contributed by atoms with van der Waals surface area (Å²) in [6, 6.07) is 7.64. The molecule has 2 heterocycles. The van der Waals surface area contributed by atoms with Gasteiger partial charge in [0.25, 0.3) is 5.91 Å². The Morgan fingerprint density at radius 1 is 1.21 bits per heavy atom. The van der Waals surface area contributed by atoms with Gasteiger partial charge in [-0.3, -0.25) is 14.2 Å². The summed E-state index contributed by atoms with van der Waals surface area (Å²) >= 11 is 2.25. The number of nitrogens with one attached hydrogen (secondary N) is 1. The SMILES string of the molecule is C=CCn1c(SCC(=O)Nc2sc(C(=O)N(C)C)c(C)c2C(=O)OC)nnc1-c1ccc(OCCCC)cc1. The molecule has 0 bridgehead atoms. The van der Waals surface area contributed by atoms with E-state index in [1.807, 2.05) is 28.8 Å². The molecule has 208 valence electrons. The molecule has 2 aromatic heterocycles. The number of unbranched alkanes of at least 4 members (excludes halogenated alkanes) is 1. The molecule has 12 heteroatoms. The van der Waals surface area contributed by atoms with Gasteiger partial charge < -0.3 is 19.7 Å². The number of thioether (sulfide) groups is 1. The molecule has 0 aliphatic heterocycles. The Kier molecular flexibility index (Phi) is 10.7. The molecular weight excluding hydrogens is 538 g/mol. The molecule has 0 radical (unpaired) electrons. The molecule has 0 atom stereocenters. The normalized spacial score (nSPS) is 10.7. The second-order valence-electron chi connectivity index (χ2n) is 8.72. The fourth-order valence-corrected chi connectivity index (χ4v) is 5.57. The summed E-state index contributed by atoms with van der Waals surface area (Å²) < 4.78 is 12.5. The minimum absolute atomic E-state index is 0.00794. The van der Waals surface area contributed by atoms with Gasteiger partial charge in [0.1, 0.15) is 10.8 Å². The van der Waals surface area contributed by atoms with Gasteiger partial charge in [0, 0.05) is 26.2 Å². The minimum Gasteiger partial charge on any atom is -0.494 e. The number of benzene rings is 1. The number of aromatic nitrogens is 3. The van der Waals surface area contributed by atoms with Crippen LogP contribution >= 0.6 is 23.1 Å². The number of amides is 2. The molecule has 0 aliphatic carbocycles. The Labute approximate surface area is 236 Å². The maximum absolute atomic E-state index is 12.9. The molecule has 3 aromatic rings. The number of carbonyl (C=O) groups is 3. The van der Waals surface area contributed by atoms with Crippen molar-refractivity contribution >= 4 is 45.9 Å². The van der Waals surface area contributed by atoms with E-state index in [0.717, 1.165) is 35.5 Å². The molecule has 0 unspecified atom stereocenters. The zero-order valence-corrected chi connectivity index (χ0v) is 24.4. The average molecular weight is 572 g/mol. The highest BCUT2D eigenvalue weighted by Crippen LogP contribution is 2.35. The molecule has 0 aliphatic rings. The topological polar surface area (TPSA) is 116 Å². The second kappa shape index (κ2) is 13.9. The first-order valence-corrected chi connectivity index (χ1v) is 14.1. The summed E-state index contributed by atoms with van der Waals surface area (Å²) in [6.45, 7) is 8.73. The van der Waals surface area contributed by atoms with Crippen LogP contribution in [0.15, 0.2) is 42.1 Å². The van der Waals surface area contributed by atoms with Crippen LogP contribution in [0, 0.1) is 6.92 Å². The van der Waals surface area contributed by atoms with Crippen molar-refractivity contribution in [1.82, 2.24) is 19.7 Å². The van der Waals surface area contributed by atoms with E-state index < -0.39 is 5.97 Å². The highest BCUT2D eigenvalue weighted by molar-refractivity contribution is 7.99. The first-order chi connectivity index (χ1) is 18.7. The van der Waals surface area contributed by atoms with E-state index in [1.54, 1.807) is 27.1 Å². The van der Waals surface area contributed by atoms with Crippen molar-refractivity contribution in [3.8, 4) is 17.1 Å². The molecule has 0 saturated heterocycles. The Morgan fingerprint density at radius 3 is 2.54 bits per heavy atom. The molecular formula is C27H33N5O5S2. The fraction of sp³-hybridized carbons (Fsp3) is 0.370. The maximum atomic E-state index is 12.9. The van der Waals surface area contributed by atoms with Crippen LogP contribution in [0.4, 0.5) is 5.00 Å². The summed E-state index contributed by atoms with van der Waals surface area (Å²) in [6.07, 6.45) is 3.80. The lowest BCUT2D eigenvalue weighted by atomic mass is 10.1. The highest BCUT2D eigenvalue weighted by atomic mass is 32.2. The quantitative estimate of drug-likeness (QED) is 0.133. The second-order valence-corrected chi connectivity index (χ2v) is 10.7. The molecule has 1 N–H and O–H groups in total. The van der Waals surface area contributed by atoms with Gasteiger partial charge in [-0.1, -0.05) is 31.2 Å². The van der Waals surface area contributed by atoms with Crippen LogP contribution in [0.3, 0.4) is 0 Å². The molecule has 39 heavy (non-hydrogen) atoms. The third-order valence-electron chi connectivity index (χ3n) is 5.63. The first-order valence-electron chi connectivity index (χ1n) is 12.3. The van der Waals surface area contributed by atoms with Gasteiger partial charge >= 0.3 is 5.97 Å². The highest BCUT2D eigenvalue weighted by Gasteiger charge is 2.27. The van der Waals surface area contributed by atoms with Crippen LogP contribution in [0.5, 0.6) is 5.75 Å². The predicted molar refractivity (Wildman–Crippen MR) is 154 cm³/mol. The summed E-state index contributed by atoms with van der Waals surface area (Å²) in [5, 5.41) is 12.2. The van der Waals surface area contributed by atoms with Gasteiger partial charge in [0.15, 0.2) is 11.0 Å². The number of esters is 1. The monoisotopic (exact) mass is 571 g/mol. The number of hydrogen-bond acceptors (Lipinski definition) is 9. The number of nitrogens with zero attached hydrogens (tertiary/aromatic N) is 4. The van der Waals surface area contributed by atoms with Gasteiger partial charge in [-0.05, 0) is 43.2 Å². The van der Waals surface area contributed by atoms with Crippen molar-refractivity contribution in [3.63, 3.8) is 0 Å². The van der Waals surface area contributed by atoms with Gasteiger partial charge in [-0.2, -0.15) is 0 Å². The Balaban J connectivity index is 1.75. The van der Waals surface area contributed by atoms with Crippen molar-refractivity contribution in [2.75, 3.05) is 38.9 Å². The van der Waals surface area contributed by atoms with E-state index in [2.05, 4.69) is 29.0 Å². The molecule has 0 saturated carbocycles. The largest absolute Gasteiger partial charge is 0.494 e. The molecule has 0 spiro atoms. The third kappa shape index (κ3) is 7.27. The van der Waals surface area contributed by atoms with E-state index in [1.165, 1.54) is 23.8 Å². The number of rotatable bonds is 13. The zero-order valence-electron chi connectivity index (χ0n) is 22.8. The molecule has 10 nitrogen and oxygen atoms in total. The van der Waals surface area contributed by atoms with Crippen LogP contribution in [0.1, 0.15) is 45.4 Å². The number of thiophene rings is 1. The van der Waals surface area contributed by atoms with E-state index in [4.69, 9.17) is 9.47 Å². The van der Waals surface area contributed by atoms with Crippen LogP contribution in [0.2, 0.25) is 0 Å². The van der Waals surface area contributed by atoms with Crippen LogP contribution in [-0.4, -0.2) is 71.0 Å². The molecule has 3 rings (SSSR count). The van der Waals surface area contributed by atoms with Crippen molar-refractivity contribution in [2.45, 2.75) is 38.4 Å². The average Bonchev–Trinajstić information content (AvgIpc) is 3.47. The van der Waals surface area contributed by atoms with Gasteiger partial charge in [0.2, 0.25) is 5.91 Å². The Bertz CT molecular complexity index is 1330. The van der Waals surface area contributed by atoms with Crippen LogP contribution in [0.25, 0.3) is 11.4 Å². The lowest BCUT2D eigenvalue weighted by Crippen LogP contribution is -2.21. The van der Waals surface area contributed by atoms with Gasteiger partial charge in [-0.15, -0.1) is 28.1 Å². The number of hydrogen-bond donors (Lipinski definition) is 1. The van der Waals surface area contributed by atoms with Crippen molar-refractivity contribution < 1.29 is 23.9 Å². The van der Waals surface area contributed by atoms with Crippen LogP contribution in [-0.2, 0) is 16.1 Å². The lowest BCUT2D eigenvalue weighted by molar-refractivity contribution is -0.113. The zero-order chi connectivity index (χ0) is 28.5. The standard InChI is InChI=1S/C27H33N5O5S2/c1-7-9-15-37-19-12-10-18(11-13-19)23-29-30-27(32(23)14-8-2)38-16-20(33)28-24-21(26(35)36-6)17(3)22(39-24)25(34)31(4)5/h8,10-13H,2,7,9,14-16H2,1,3-6H3,(H,28,33). The molecule has 0 fully saturated rings. The third-order valence-corrected chi connectivity index (χ3v) is 7.79. The van der Waals surface area contributed by atoms with E-state index in [9.17, 15) is 14.4 Å². The van der Waals surface area contributed by atoms with Crippen molar-refractivity contribution in [3.05, 3.63) is 52.9 Å². The van der Waals surface area contributed by atoms with E-state index in [-0.39, 0.29) is 28.1 Å². The predicted octanol–water partition coefficient (Wildman–Crippen LogP) is 4.90. The Morgan fingerprint density at radius 2 is 1.92 bits per heavy atom. The summed E-state index contributed by atoms with van der Waals surface area (Å²) in [7, 11) is 4.50.